The van der Waals surface area contributed by atoms with Crippen LogP contribution in [0.4, 0.5) is 5.95 Å². The van der Waals surface area contributed by atoms with E-state index in [9.17, 15) is 14.7 Å². The summed E-state index contributed by atoms with van der Waals surface area (Å²) in [4.78, 5) is 39.9. The van der Waals surface area contributed by atoms with Crippen molar-refractivity contribution in [3.63, 3.8) is 0 Å². The lowest BCUT2D eigenvalue weighted by Crippen LogP contribution is -2.30. The summed E-state index contributed by atoms with van der Waals surface area (Å²) in [5.41, 5.74) is 2.96. The van der Waals surface area contributed by atoms with E-state index in [1.807, 2.05) is 45.0 Å². The second-order valence-corrected chi connectivity index (χ2v) is 8.65. The van der Waals surface area contributed by atoms with Crippen molar-refractivity contribution in [3.05, 3.63) is 89.3 Å². The fourth-order valence-electron chi connectivity index (χ4n) is 4.26. The molecule has 1 aliphatic rings. The predicted molar refractivity (Wildman–Crippen MR) is 132 cm³/mol. The van der Waals surface area contributed by atoms with Gasteiger partial charge in [-0.15, -0.1) is 0 Å². The topological polar surface area (TPSA) is 108 Å². The molecule has 8 nitrogen and oxygen atoms in total. The number of para-hydroxylation sites is 2. The van der Waals surface area contributed by atoms with Gasteiger partial charge in [0.05, 0.1) is 28.4 Å². The van der Waals surface area contributed by atoms with Crippen LogP contribution in [0.25, 0.3) is 16.8 Å². The van der Waals surface area contributed by atoms with Gasteiger partial charge in [0.2, 0.25) is 5.95 Å². The van der Waals surface area contributed by atoms with Gasteiger partial charge in [-0.1, -0.05) is 18.2 Å². The maximum atomic E-state index is 13.3. The summed E-state index contributed by atoms with van der Waals surface area (Å²) in [5, 5.41) is 11.3. The average Bonchev–Trinajstić information content (AvgIpc) is 3.38. The normalized spacial score (nSPS) is 17.5. The van der Waals surface area contributed by atoms with Crippen LogP contribution in [0.15, 0.2) is 72.4 Å². The number of nitrogens with one attached hydrogen (secondary N) is 1. The number of imidazole rings is 1. The molecule has 1 aliphatic heterocycles. The van der Waals surface area contributed by atoms with E-state index >= 15 is 0 Å². The number of fused-ring (bicyclic) bond motifs is 1. The highest BCUT2D eigenvalue weighted by Gasteiger charge is 2.48. The third-order valence-corrected chi connectivity index (χ3v) is 5.83. The Bertz CT molecular complexity index is 1440. The molecule has 5 rings (SSSR count). The number of nitrogens with zero attached hydrogens (tertiary/aromatic N) is 3. The highest BCUT2D eigenvalue weighted by Crippen LogP contribution is 2.41. The summed E-state index contributed by atoms with van der Waals surface area (Å²) in [7, 11) is 0. The van der Waals surface area contributed by atoms with E-state index in [4.69, 9.17) is 4.74 Å². The van der Waals surface area contributed by atoms with Crippen LogP contribution in [0.2, 0.25) is 0 Å². The van der Waals surface area contributed by atoms with Crippen LogP contribution in [-0.2, 0) is 9.59 Å². The molecule has 3 heterocycles. The van der Waals surface area contributed by atoms with Gasteiger partial charge in [-0.25, -0.2) is 4.98 Å². The van der Waals surface area contributed by atoms with E-state index in [1.54, 1.807) is 42.6 Å². The monoisotopic (exact) mass is 468 g/mol. The quantitative estimate of drug-likeness (QED) is 0.250. The van der Waals surface area contributed by atoms with Crippen molar-refractivity contribution in [2.75, 3.05) is 4.90 Å². The van der Waals surface area contributed by atoms with E-state index in [-0.39, 0.29) is 23.4 Å². The highest BCUT2D eigenvalue weighted by molar-refractivity contribution is 6.51. The molecule has 0 radical (unpaired) electrons. The number of rotatable bonds is 5. The third kappa shape index (κ3) is 3.93. The van der Waals surface area contributed by atoms with E-state index in [0.29, 0.717) is 22.5 Å². The van der Waals surface area contributed by atoms with Crippen LogP contribution in [-0.4, -0.2) is 37.9 Å². The van der Waals surface area contributed by atoms with Crippen LogP contribution in [0.5, 0.6) is 5.75 Å². The van der Waals surface area contributed by atoms with Gasteiger partial charge >= 0.3 is 5.91 Å². The number of carbonyl (C=O) groups excluding carboxylic acids is 2. The first-order valence-corrected chi connectivity index (χ1v) is 11.3. The maximum Gasteiger partial charge on any atom is 0.302 e. The smallest absolute Gasteiger partial charge is 0.302 e. The van der Waals surface area contributed by atoms with Crippen molar-refractivity contribution in [2.45, 2.75) is 32.9 Å². The number of ketones is 1. The van der Waals surface area contributed by atoms with Crippen molar-refractivity contribution in [1.82, 2.24) is 15.0 Å². The van der Waals surface area contributed by atoms with Crippen LogP contribution < -0.4 is 9.64 Å². The zero-order valence-corrected chi connectivity index (χ0v) is 19.5. The number of aromatic nitrogens is 3. The van der Waals surface area contributed by atoms with E-state index in [2.05, 4.69) is 15.0 Å². The molecule has 0 spiro atoms. The molecule has 2 aromatic carbocycles. The number of aliphatic hydroxyl groups excluding tert-OH is 1. The van der Waals surface area contributed by atoms with Crippen LogP contribution in [0.1, 0.15) is 36.7 Å². The minimum atomic E-state index is -0.955. The average molecular weight is 469 g/mol. The molecule has 1 atom stereocenters. The lowest BCUT2D eigenvalue weighted by Gasteiger charge is -2.22. The Morgan fingerprint density at radius 2 is 1.86 bits per heavy atom. The minimum Gasteiger partial charge on any atom is -0.507 e. The Balaban J connectivity index is 1.67. The van der Waals surface area contributed by atoms with Gasteiger partial charge in [0.25, 0.3) is 5.78 Å². The molecular weight excluding hydrogens is 444 g/mol. The fraction of sp³-hybridized carbons (Fsp3) is 0.185. The summed E-state index contributed by atoms with van der Waals surface area (Å²) >= 11 is 0. The minimum absolute atomic E-state index is 0.00793. The molecule has 8 heteroatoms. The Morgan fingerprint density at radius 3 is 2.54 bits per heavy atom. The number of ether oxygens (including phenoxy) is 1. The SMILES string of the molecule is Cc1cc(/C(O)=C2\C(=O)C(=O)N(c3nc4ccccc4[nH]3)C2c2ccccn2)ccc1OC(C)C. The van der Waals surface area contributed by atoms with Crippen LogP contribution in [0.3, 0.4) is 0 Å². The number of aromatic amines is 1. The number of aliphatic hydroxyl groups is 1. The van der Waals surface area contributed by atoms with Crippen LogP contribution >= 0.6 is 0 Å². The molecule has 2 aromatic heterocycles. The number of anilines is 1. The van der Waals surface area contributed by atoms with Crippen LogP contribution in [0, 0.1) is 6.92 Å². The Hall–Kier alpha value is -4.46. The number of hydrogen-bond acceptors (Lipinski definition) is 6. The van der Waals surface area contributed by atoms with Crippen molar-refractivity contribution in [1.29, 1.82) is 0 Å². The van der Waals surface area contributed by atoms with Gasteiger partial charge in [-0.3, -0.25) is 19.5 Å². The molecular formula is C27H24N4O4. The molecule has 35 heavy (non-hydrogen) atoms. The Labute approximate surface area is 201 Å². The lowest BCUT2D eigenvalue weighted by molar-refractivity contribution is -0.132. The molecule has 2 N–H and O–H groups in total. The number of Topliss-reactive ketones (excluding diaryl/α,β-unsaturated/α-hetero) is 1. The zero-order valence-electron chi connectivity index (χ0n) is 19.5. The summed E-state index contributed by atoms with van der Waals surface area (Å²) in [6.45, 7) is 5.72. The molecule has 1 saturated heterocycles. The van der Waals surface area contributed by atoms with Crippen molar-refractivity contribution >= 4 is 34.4 Å². The Morgan fingerprint density at radius 1 is 1.09 bits per heavy atom. The molecule has 0 saturated carbocycles. The van der Waals surface area contributed by atoms with Gasteiger partial charge in [-0.2, -0.15) is 0 Å². The molecule has 1 unspecified atom stereocenters. The van der Waals surface area contributed by atoms with E-state index in [1.165, 1.54) is 4.90 Å². The number of hydrogen-bond donors (Lipinski definition) is 2. The van der Waals surface area contributed by atoms with Gasteiger partial charge in [-0.05, 0) is 68.8 Å². The van der Waals surface area contributed by atoms with Gasteiger partial charge in [0, 0.05) is 11.8 Å². The van der Waals surface area contributed by atoms with E-state index in [0.717, 1.165) is 11.1 Å². The largest absolute Gasteiger partial charge is 0.507 e. The molecule has 1 amide bonds. The molecule has 4 aromatic rings. The molecule has 1 fully saturated rings. The zero-order chi connectivity index (χ0) is 24.7. The predicted octanol–water partition coefficient (Wildman–Crippen LogP) is 4.68. The second kappa shape index (κ2) is 8.72. The number of aryl methyl sites for hydroxylation is 1. The van der Waals surface area contributed by atoms with Gasteiger partial charge in [0.1, 0.15) is 17.6 Å². The fourth-order valence-corrected chi connectivity index (χ4v) is 4.26. The number of carbonyl (C=O) groups is 2. The summed E-state index contributed by atoms with van der Waals surface area (Å²) in [6, 6.07) is 16.8. The number of amides is 1. The van der Waals surface area contributed by atoms with Gasteiger partial charge < -0.3 is 14.8 Å². The Kier molecular flexibility index (Phi) is 5.56. The summed E-state index contributed by atoms with van der Waals surface area (Å²) < 4.78 is 5.79. The van der Waals surface area contributed by atoms with Crippen molar-refractivity contribution in [3.8, 4) is 5.75 Å². The molecule has 0 bridgehead atoms. The number of H-pyrrole nitrogens is 1. The third-order valence-electron chi connectivity index (χ3n) is 5.83. The number of benzene rings is 2. The summed E-state index contributed by atoms with van der Waals surface area (Å²) in [6.07, 6.45) is 1.57. The standard InChI is InChI=1S/C27H24N4O4/c1-15(2)35-21-12-11-17(14-16(21)3)24(32)22-23(20-10-6-7-13-28-20)31(26(34)25(22)33)27-29-18-8-4-5-9-19(18)30-27/h4-15,23,32H,1-3H3,(H,29,30)/b24-22+. The van der Waals surface area contributed by atoms with Crippen molar-refractivity contribution < 1.29 is 19.4 Å². The lowest BCUT2D eigenvalue weighted by atomic mass is 9.97. The first kappa shape index (κ1) is 22.3. The number of pyridine rings is 1. The molecule has 0 aliphatic carbocycles. The van der Waals surface area contributed by atoms with Crippen molar-refractivity contribution in [2.24, 2.45) is 0 Å². The van der Waals surface area contributed by atoms with Gasteiger partial charge in [0.15, 0.2) is 0 Å². The first-order chi connectivity index (χ1) is 16.8. The highest BCUT2D eigenvalue weighted by atomic mass is 16.5. The maximum absolute atomic E-state index is 13.3. The summed E-state index contributed by atoms with van der Waals surface area (Å²) in [5.74, 6) is -0.992. The first-order valence-electron chi connectivity index (χ1n) is 11.3. The molecule has 176 valence electrons. The second-order valence-electron chi connectivity index (χ2n) is 8.65. The van der Waals surface area contributed by atoms with E-state index < -0.39 is 17.7 Å².